The van der Waals surface area contributed by atoms with Crippen molar-refractivity contribution in [1.29, 1.82) is 0 Å². The summed E-state index contributed by atoms with van der Waals surface area (Å²) in [5, 5.41) is 12.0. The highest BCUT2D eigenvalue weighted by Gasteiger charge is 2.40. The number of alkyl halides is 2. The molecule has 2 aromatic heterocycles. The zero-order chi connectivity index (χ0) is 35.9. The number of β-amino-alcohol motifs (C(OH)–C–C–N with tert-alkyl or cyclic N) is 1. The summed E-state index contributed by atoms with van der Waals surface area (Å²) in [4.78, 5) is 20.9. The number of pyridine rings is 1. The summed E-state index contributed by atoms with van der Waals surface area (Å²) < 4.78 is 73.0. The fraction of sp³-hybridized carbons (Fsp3) is 0.282. The number of rotatable bonds is 10. The van der Waals surface area contributed by atoms with E-state index in [0.717, 1.165) is 23.3 Å². The molecule has 0 radical (unpaired) electrons. The fourth-order valence-corrected chi connectivity index (χ4v) is 7.99. The number of fused-ring (bicyclic) bond motifs is 3. The van der Waals surface area contributed by atoms with Crippen LogP contribution >= 0.6 is 11.3 Å². The highest BCUT2D eigenvalue weighted by molar-refractivity contribution is 7.18. The van der Waals surface area contributed by atoms with Crippen LogP contribution in [0, 0.1) is 11.6 Å². The molecule has 0 atom stereocenters. The average Bonchev–Trinajstić information content (AvgIpc) is 3.60. The minimum Gasteiger partial charge on any atom is -0.490 e. The van der Waals surface area contributed by atoms with Crippen molar-refractivity contribution < 1.29 is 36.9 Å². The molecule has 1 amide bonds. The quantitative estimate of drug-likeness (QED) is 0.0913. The lowest BCUT2D eigenvalue weighted by Crippen LogP contribution is -2.41. The summed E-state index contributed by atoms with van der Waals surface area (Å²) in [6, 6.07) is 14.4. The van der Waals surface area contributed by atoms with Gasteiger partial charge in [-0.3, -0.25) is 9.69 Å². The number of ether oxygens (including phenoxy) is 2. The number of carbonyl (C=O) groups is 1. The summed E-state index contributed by atoms with van der Waals surface area (Å²) >= 11 is 1.35. The molecular weight excluding hydrogens is 683 g/mol. The Hall–Kier alpha value is -4.62. The molecule has 12 heteroatoms. The number of amides is 1. The number of hydrogen-bond donors (Lipinski definition) is 1. The van der Waals surface area contributed by atoms with Gasteiger partial charge in [-0.1, -0.05) is 30.8 Å². The van der Waals surface area contributed by atoms with Gasteiger partial charge < -0.3 is 19.5 Å². The monoisotopic (exact) mass is 717 g/mol. The van der Waals surface area contributed by atoms with E-state index in [-0.39, 0.29) is 55.7 Å². The van der Waals surface area contributed by atoms with Crippen LogP contribution in [0.1, 0.15) is 22.3 Å². The van der Waals surface area contributed by atoms with Crippen LogP contribution in [-0.4, -0.2) is 72.4 Å². The second kappa shape index (κ2) is 14.2. The van der Waals surface area contributed by atoms with Crippen LogP contribution in [0.2, 0.25) is 0 Å². The molecule has 0 aliphatic carbocycles. The SMILES string of the molecule is C=CC(=O)N1CCc2ccc(-c3nc(-c4ccc5c(c4)CN(CCO)CC5(F)F)c4ccsc4c3-c3c(F)cc(F)cc3OCCOC)cc2C1. The Morgan fingerprint density at radius 2 is 1.78 bits per heavy atom. The van der Waals surface area contributed by atoms with Gasteiger partial charge in [0.25, 0.3) is 5.92 Å². The van der Waals surface area contributed by atoms with Gasteiger partial charge in [0.1, 0.15) is 24.0 Å². The van der Waals surface area contributed by atoms with Gasteiger partial charge in [0.15, 0.2) is 0 Å². The first-order valence-corrected chi connectivity index (χ1v) is 17.4. The third-order valence-corrected chi connectivity index (χ3v) is 10.3. The first-order valence-electron chi connectivity index (χ1n) is 16.5. The van der Waals surface area contributed by atoms with Crippen molar-refractivity contribution in [2.75, 3.05) is 46.6 Å². The van der Waals surface area contributed by atoms with Crippen LogP contribution < -0.4 is 4.74 Å². The van der Waals surface area contributed by atoms with Crippen molar-refractivity contribution in [3.05, 3.63) is 107 Å². The van der Waals surface area contributed by atoms with E-state index < -0.39 is 24.1 Å². The van der Waals surface area contributed by atoms with Gasteiger partial charge in [-0.15, -0.1) is 11.3 Å². The van der Waals surface area contributed by atoms with Crippen molar-refractivity contribution in [2.24, 2.45) is 0 Å². The largest absolute Gasteiger partial charge is 0.490 e. The molecule has 2 aliphatic rings. The van der Waals surface area contributed by atoms with Crippen molar-refractivity contribution in [3.63, 3.8) is 0 Å². The van der Waals surface area contributed by atoms with Crippen LogP contribution in [0.4, 0.5) is 17.6 Å². The van der Waals surface area contributed by atoms with Crippen molar-refractivity contribution in [2.45, 2.75) is 25.4 Å². The molecule has 3 aromatic carbocycles. The number of halogens is 4. The van der Waals surface area contributed by atoms with Gasteiger partial charge in [0.05, 0.1) is 36.7 Å². The van der Waals surface area contributed by atoms with E-state index >= 15 is 13.2 Å². The van der Waals surface area contributed by atoms with E-state index in [9.17, 15) is 14.3 Å². The summed E-state index contributed by atoms with van der Waals surface area (Å²) in [5.74, 6) is -4.96. The van der Waals surface area contributed by atoms with E-state index in [4.69, 9.17) is 14.5 Å². The number of hydrogen-bond acceptors (Lipinski definition) is 7. The molecule has 0 bridgehead atoms. The van der Waals surface area contributed by atoms with Crippen LogP contribution in [-0.2, 0) is 35.0 Å². The van der Waals surface area contributed by atoms with E-state index in [0.29, 0.717) is 63.2 Å². The predicted octanol–water partition coefficient (Wildman–Crippen LogP) is 7.57. The van der Waals surface area contributed by atoms with Gasteiger partial charge in [0.2, 0.25) is 5.91 Å². The predicted molar refractivity (Wildman–Crippen MR) is 189 cm³/mol. The molecule has 4 heterocycles. The Bertz CT molecular complexity index is 2150. The molecule has 51 heavy (non-hydrogen) atoms. The Kier molecular flexibility index (Phi) is 9.68. The molecule has 0 spiro atoms. The number of nitrogens with zero attached hydrogens (tertiary/aromatic N) is 3. The molecule has 5 aromatic rings. The van der Waals surface area contributed by atoms with Gasteiger partial charge >= 0.3 is 0 Å². The van der Waals surface area contributed by atoms with E-state index in [1.165, 1.54) is 35.5 Å². The van der Waals surface area contributed by atoms with Crippen LogP contribution in [0.3, 0.4) is 0 Å². The van der Waals surface area contributed by atoms with Gasteiger partial charge in [0, 0.05) is 77.8 Å². The van der Waals surface area contributed by atoms with Crippen LogP contribution in [0.5, 0.6) is 5.75 Å². The van der Waals surface area contributed by atoms with Crippen molar-refractivity contribution in [3.8, 4) is 39.4 Å². The van der Waals surface area contributed by atoms with E-state index in [2.05, 4.69) is 6.58 Å². The second-order valence-corrected chi connectivity index (χ2v) is 13.6. The lowest BCUT2D eigenvalue weighted by molar-refractivity contribution is -0.126. The summed E-state index contributed by atoms with van der Waals surface area (Å²) in [7, 11) is 1.50. The van der Waals surface area contributed by atoms with E-state index in [1.807, 2.05) is 29.6 Å². The van der Waals surface area contributed by atoms with Crippen LogP contribution in [0.15, 0.2) is 72.6 Å². The first kappa shape index (κ1) is 34.8. The number of benzene rings is 3. The zero-order valence-electron chi connectivity index (χ0n) is 27.9. The summed E-state index contributed by atoms with van der Waals surface area (Å²) in [6.07, 6.45) is 1.92. The number of thiophene rings is 1. The molecule has 0 saturated carbocycles. The highest BCUT2D eigenvalue weighted by atomic mass is 32.1. The number of carbonyl (C=O) groups excluding carboxylic acids is 1. The Morgan fingerprint density at radius 1 is 1.00 bits per heavy atom. The third kappa shape index (κ3) is 6.64. The minimum atomic E-state index is -3.11. The Labute approximate surface area is 296 Å². The lowest BCUT2D eigenvalue weighted by atomic mass is 9.90. The molecule has 264 valence electrons. The maximum atomic E-state index is 16.2. The number of aliphatic hydroxyl groups is 1. The van der Waals surface area contributed by atoms with Crippen molar-refractivity contribution in [1.82, 2.24) is 14.8 Å². The zero-order valence-corrected chi connectivity index (χ0v) is 28.7. The smallest absolute Gasteiger partial charge is 0.285 e. The topological polar surface area (TPSA) is 75.1 Å². The minimum absolute atomic E-state index is 0.0178. The maximum Gasteiger partial charge on any atom is 0.285 e. The van der Waals surface area contributed by atoms with Gasteiger partial charge in [-0.25, -0.2) is 13.8 Å². The average molecular weight is 718 g/mol. The molecule has 1 N–H and O–H groups in total. The van der Waals surface area contributed by atoms with Gasteiger partial charge in [-0.2, -0.15) is 8.78 Å². The van der Waals surface area contributed by atoms with E-state index in [1.54, 1.807) is 17.0 Å². The fourth-order valence-electron chi connectivity index (χ4n) is 7.04. The third-order valence-electron chi connectivity index (χ3n) is 9.41. The number of methoxy groups -OCH3 is 1. The molecule has 0 fully saturated rings. The summed E-state index contributed by atoms with van der Waals surface area (Å²) in [6.45, 7) is 4.34. The second-order valence-electron chi connectivity index (χ2n) is 12.7. The lowest BCUT2D eigenvalue weighted by Gasteiger charge is -2.34. The summed E-state index contributed by atoms with van der Waals surface area (Å²) in [5.41, 5.74) is 4.81. The number of aliphatic hydroxyl groups excluding tert-OH is 1. The maximum absolute atomic E-state index is 16.2. The molecule has 7 rings (SSSR count). The first-order chi connectivity index (χ1) is 24.6. The van der Waals surface area contributed by atoms with Crippen LogP contribution in [0.25, 0.3) is 43.7 Å². The normalized spacial score (nSPS) is 15.5. The Morgan fingerprint density at radius 3 is 2.57 bits per heavy atom. The molecule has 0 unspecified atom stereocenters. The van der Waals surface area contributed by atoms with Gasteiger partial charge in [-0.05, 0) is 52.8 Å². The number of aromatic nitrogens is 1. The molecule has 0 saturated heterocycles. The molecule has 2 aliphatic heterocycles. The van der Waals surface area contributed by atoms with Crippen molar-refractivity contribution >= 4 is 27.3 Å². The standard InChI is InChI=1S/C39H35F4N3O4S/c1-3-33(48)46-10-8-23-4-5-25(16-26(23)21-46)37-35(34-31(41)18-28(40)19-32(34)50-14-13-49-2)38-29(9-15-51-38)36(44-37)24-6-7-30-27(17-24)20-45(11-12-47)22-39(30,42)43/h3-7,9,15-19,47H,1,8,10-14,20-22H2,2H3. The molecule has 7 nitrogen and oxygen atoms in total. The molecular formula is C39H35F4N3O4S. The highest BCUT2D eigenvalue weighted by Crippen LogP contribution is 2.48. The Balaban J connectivity index is 1.47.